The molecule has 1 aliphatic carbocycles. The van der Waals surface area contributed by atoms with E-state index in [-0.39, 0.29) is 0 Å². The molecule has 100 valence electrons. The van der Waals surface area contributed by atoms with Crippen molar-refractivity contribution in [2.24, 2.45) is 0 Å². The van der Waals surface area contributed by atoms with Gasteiger partial charge in [-0.15, -0.1) is 0 Å². The van der Waals surface area contributed by atoms with Gasteiger partial charge in [-0.3, -0.25) is 0 Å². The topological polar surface area (TPSA) is 109 Å². The second-order valence-corrected chi connectivity index (χ2v) is 2.69. The molecule has 1 aliphatic rings. The van der Waals surface area contributed by atoms with Gasteiger partial charge in [0.05, 0.1) is 0 Å². The Morgan fingerprint density at radius 2 is 1.37 bits per heavy atom. The summed E-state index contributed by atoms with van der Waals surface area (Å²) in [6.45, 7) is 22.5. The van der Waals surface area contributed by atoms with Gasteiger partial charge < -0.3 is 0 Å². The molecule has 0 bridgehead atoms. The second kappa shape index (κ2) is 43.7. The molecule has 0 saturated carbocycles. The first-order valence-electron chi connectivity index (χ1n) is 4.14. The maximum absolute atomic E-state index is 7.50. The van der Waals surface area contributed by atoms with E-state index in [0.29, 0.717) is 0 Å². The summed E-state index contributed by atoms with van der Waals surface area (Å²) < 4.78 is 43.5. The van der Waals surface area contributed by atoms with Gasteiger partial charge in [0.25, 0.3) is 0 Å². The minimum atomic E-state index is 0.965. The standard InChI is InChI=1S/C7H10O.5CO.Cr/c1-8-6-7-4-2-3-5-7;5*1-2;/h4H,2-3,5H2,1H3;;;;;;. The summed E-state index contributed by atoms with van der Waals surface area (Å²) in [6, 6.07) is 0. The fourth-order valence-electron chi connectivity index (χ4n) is 0.987. The van der Waals surface area contributed by atoms with E-state index in [2.05, 4.69) is 55.2 Å². The molecule has 0 atom stereocenters. The van der Waals surface area contributed by atoms with Crippen molar-refractivity contribution in [3.05, 3.63) is 44.9 Å². The van der Waals surface area contributed by atoms with Crippen LogP contribution in [0, 0.1) is 33.3 Å². The molecule has 1 rings (SSSR count). The number of methoxy groups -OCH3 is 1. The Balaban J connectivity index is -0.0000000557. The maximum atomic E-state index is 7.50. The van der Waals surface area contributed by atoms with E-state index >= 15 is 0 Å². The molecular formula is C12H10CrO6. The number of allylic oxidation sites excluding steroid dienone is 1. The van der Waals surface area contributed by atoms with Crippen molar-refractivity contribution in [1.82, 2.24) is 0 Å². The first-order chi connectivity index (χ1) is 9.34. The average Bonchev–Trinajstić information content (AvgIpc) is 3.11. The van der Waals surface area contributed by atoms with Gasteiger partial charge in [0, 0.05) is 0 Å². The zero-order valence-corrected chi connectivity index (χ0v) is 11.3. The van der Waals surface area contributed by atoms with Crippen molar-refractivity contribution in [2.75, 3.05) is 7.11 Å². The third-order valence-electron chi connectivity index (χ3n) is 1.49. The molecule has 0 radical (unpaired) electrons. The Hall–Kier alpha value is -1.20. The van der Waals surface area contributed by atoms with Gasteiger partial charge in [0.1, 0.15) is 0 Å². The molecule has 7 heteroatoms. The van der Waals surface area contributed by atoms with Crippen molar-refractivity contribution < 1.29 is 43.8 Å². The summed E-state index contributed by atoms with van der Waals surface area (Å²) in [6.07, 6.45) is 5.90. The van der Waals surface area contributed by atoms with Crippen LogP contribution in [0.25, 0.3) is 0 Å². The molecule has 0 heterocycles. The van der Waals surface area contributed by atoms with Crippen LogP contribution in [0.1, 0.15) is 19.3 Å². The summed E-state index contributed by atoms with van der Waals surface area (Å²) in [7, 11) is 1.70. The average molecular weight is 302 g/mol. The SMILES string of the molecule is CO[C](=[Cr])C1=CCCC1.[C-]#[O+].[C-]#[O+].[C-]#[O+].[C-]#[O+].[C-]#[O+]. The van der Waals surface area contributed by atoms with Crippen LogP contribution in [-0.2, 0) is 43.8 Å². The Morgan fingerprint density at radius 3 is 1.58 bits per heavy atom. The van der Waals surface area contributed by atoms with Gasteiger partial charge in [0.15, 0.2) is 0 Å². The minimum absolute atomic E-state index is 0.965. The normalized spacial score (nSPS) is 8.89. The van der Waals surface area contributed by atoms with E-state index in [1.165, 1.54) is 24.8 Å². The van der Waals surface area contributed by atoms with E-state index in [9.17, 15) is 0 Å². The molecule has 0 aromatic heterocycles. The first-order valence-corrected chi connectivity index (χ1v) is 4.78. The molecular weight excluding hydrogens is 292 g/mol. The van der Waals surface area contributed by atoms with Crippen LogP contribution in [-0.4, -0.2) is 11.7 Å². The van der Waals surface area contributed by atoms with Gasteiger partial charge in [-0.1, -0.05) is 0 Å². The Labute approximate surface area is 120 Å². The van der Waals surface area contributed by atoms with Gasteiger partial charge in [-0.05, 0) is 0 Å². The molecule has 0 amide bonds. The van der Waals surface area contributed by atoms with E-state index in [0.717, 1.165) is 4.57 Å². The molecule has 0 unspecified atom stereocenters. The number of hydrogen-bond acceptors (Lipinski definition) is 1. The predicted molar refractivity (Wildman–Crippen MR) is 53.6 cm³/mol. The van der Waals surface area contributed by atoms with Crippen molar-refractivity contribution in [1.29, 1.82) is 0 Å². The van der Waals surface area contributed by atoms with Crippen molar-refractivity contribution in [3.63, 3.8) is 0 Å². The quantitative estimate of drug-likeness (QED) is 0.555. The van der Waals surface area contributed by atoms with Crippen molar-refractivity contribution in [2.45, 2.75) is 19.3 Å². The first kappa shape index (κ1) is 30.7. The van der Waals surface area contributed by atoms with Gasteiger partial charge in [-0.2, -0.15) is 0 Å². The Morgan fingerprint density at radius 1 is 1.00 bits per heavy atom. The number of rotatable bonds is 2. The summed E-state index contributed by atoms with van der Waals surface area (Å²) in [5.74, 6) is 0. The Kier molecular flexibility index (Phi) is 70.5. The molecule has 0 aromatic carbocycles. The van der Waals surface area contributed by atoms with Crippen LogP contribution in [0.2, 0.25) is 0 Å². The molecule has 19 heavy (non-hydrogen) atoms. The van der Waals surface area contributed by atoms with E-state index in [1.807, 2.05) is 0 Å². The van der Waals surface area contributed by atoms with E-state index < -0.39 is 0 Å². The van der Waals surface area contributed by atoms with Crippen LogP contribution in [0.15, 0.2) is 11.6 Å². The monoisotopic (exact) mass is 302 g/mol. The van der Waals surface area contributed by atoms with Crippen LogP contribution >= 0.6 is 0 Å². The molecule has 0 aromatic rings. The van der Waals surface area contributed by atoms with Gasteiger partial charge in [0.2, 0.25) is 0 Å². The molecule has 6 nitrogen and oxygen atoms in total. The summed E-state index contributed by atoms with van der Waals surface area (Å²) >= 11 is 2.89. The number of ether oxygens (including phenoxy) is 1. The van der Waals surface area contributed by atoms with Gasteiger partial charge in [-0.25, -0.2) is 0 Å². The van der Waals surface area contributed by atoms with Crippen LogP contribution in [0.4, 0.5) is 0 Å². The summed E-state index contributed by atoms with van der Waals surface area (Å²) in [5, 5.41) is 0. The predicted octanol–water partition coefficient (Wildman–Crippen LogP) is 1.23. The van der Waals surface area contributed by atoms with E-state index in [4.69, 9.17) is 28.0 Å². The third kappa shape index (κ3) is 26.4. The van der Waals surface area contributed by atoms with Gasteiger partial charge >= 0.3 is 120 Å². The fourth-order valence-corrected chi connectivity index (χ4v) is 1.28. The third-order valence-corrected chi connectivity index (χ3v) is 2.16. The van der Waals surface area contributed by atoms with Crippen LogP contribution < -0.4 is 0 Å². The van der Waals surface area contributed by atoms with Crippen LogP contribution in [0.3, 0.4) is 0 Å². The number of hydrogen-bond donors (Lipinski definition) is 0. The molecule has 0 aliphatic heterocycles. The zero-order valence-electron chi connectivity index (χ0n) is 10.1. The summed E-state index contributed by atoms with van der Waals surface area (Å²) in [4.78, 5) is 0. The molecule has 0 fully saturated rings. The second-order valence-electron chi connectivity index (χ2n) is 2.11. The zero-order chi connectivity index (χ0) is 16.7. The van der Waals surface area contributed by atoms with Crippen molar-refractivity contribution in [3.8, 4) is 0 Å². The molecule has 0 N–H and O–H groups in total. The van der Waals surface area contributed by atoms with Crippen molar-refractivity contribution >= 4 is 4.57 Å². The molecule has 0 spiro atoms. The van der Waals surface area contributed by atoms with E-state index in [1.54, 1.807) is 7.11 Å². The fraction of sp³-hybridized carbons (Fsp3) is 0.333. The Bertz CT molecular complexity index is 287. The molecule has 0 saturated heterocycles. The summed E-state index contributed by atoms with van der Waals surface area (Å²) in [5.41, 5.74) is 1.34. The van der Waals surface area contributed by atoms with Crippen LogP contribution in [0.5, 0.6) is 0 Å².